The number of nitrogens with one attached hydrogen (secondary N) is 1. The van der Waals surface area contributed by atoms with Gasteiger partial charge in [-0.2, -0.15) is 0 Å². The highest BCUT2D eigenvalue weighted by Crippen LogP contribution is 2.26. The Morgan fingerprint density at radius 3 is 2.31 bits per heavy atom. The number of nitrogens with zero attached hydrogens (tertiary/aromatic N) is 1. The molecular weight excluding hydrogens is 160 g/mol. The maximum absolute atomic E-state index is 3.51. The SMILES string of the molecule is CC(C)CNCC(C)N(C)C1CC1. The molecule has 0 aromatic heterocycles. The zero-order valence-corrected chi connectivity index (χ0v) is 9.51. The van der Waals surface area contributed by atoms with Gasteiger partial charge in [0.2, 0.25) is 0 Å². The van der Waals surface area contributed by atoms with E-state index in [1.807, 2.05) is 0 Å². The molecule has 1 aliphatic rings. The van der Waals surface area contributed by atoms with Crippen LogP contribution in [0.2, 0.25) is 0 Å². The van der Waals surface area contributed by atoms with Gasteiger partial charge >= 0.3 is 0 Å². The Morgan fingerprint density at radius 2 is 1.85 bits per heavy atom. The van der Waals surface area contributed by atoms with E-state index < -0.39 is 0 Å². The van der Waals surface area contributed by atoms with Gasteiger partial charge in [0.25, 0.3) is 0 Å². The second-order valence-electron chi connectivity index (χ2n) is 4.80. The molecule has 0 aromatic rings. The van der Waals surface area contributed by atoms with Gasteiger partial charge in [0.05, 0.1) is 0 Å². The molecule has 2 heteroatoms. The van der Waals surface area contributed by atoms with Crippen LogP contribution in [0.15, 0.2) is 0 Å². The van der Waals surface area contributed by atoms with E-state index in [1.54, 1.807) is 0 Å². The van der Waals surface area contributed by atoms with E-state index in [1.165, 1.54) is 12.8 Å². The van der Waals surface area contributed by atoms with Crippen LogP contribution in [-0.2, 0) is 0 Å². The van der Waals surface area contributed by atoms with E-state index in [-0.39, 0.29) is 0 Å². The molecular formula is C11H24N2. The van der Waals surface area contributed by atoms with Gasteiger partial charge in [-0.1, -0.05) is 13.8 Å². The quantitative estimate of drug-likeness (QED) is 0.676. The lowest BCUT2D eigenvalue weighted by atomic mass is 10.2. The number of likely N-dealkylation sites (N-methyl/N-ethyl adjacent to an activating group) is 1. The molecule has 1 rings (SSSR count). The second kappa shape index (κ2) is 4.97. The standard InChI is InChI=1S/C11H24N2/c1-9(2)7-12-8-10(3)13(4)11-5-6-11/h9-12H,5-8H2,1-4H3. The van der Waals surface area contributed by atoms with Gasteiger partial charge in [-0.05, 0) is 39.3 Å². The molecule has 0 bridgehead atoms. The van der Waals surface area contributed by atoms with Crippen LogP contribution in [0.5, 0.6) is 0 Å². The summed E-state index contributed by atoms with van der Waals surface area (Å²) in [5, 5.41) is 3.51. The summed E-state index contributed by atoms with van der Waals surface area (Å²) in [5.74, 6) is 0.762. The summed E-state index contributed by atoms with van der Waals surface area (Å²) < 4.78 is 0. The van der Waals surface area contributed by atoms with Gasteiger partial charge in [-0.15, -0.1) is 0 Å². The maximum atomic E-state index is 3.51. The summed E-state index contributed by atoms with van der Waals surface area (Å²) in [6.07, 6.45) is 2.82. The average molecular weight is 184 g/mol. The maximum Gasteiger partial charge on any atom is 0.0192 e. The summed E-state index contributed by atoms with van der Waals surface area (Å²) in [6.45, 7) is 9.09. The fraction of sp³-hybridized carbons (Fsp3) is 1.00. The Bertz CT molecular complexity index is 141. The second-order valence-corrected chi connectivity index (χ2v) is 4.80. The predicted molar refractivity (Wildman–Crippen MR) is 58.0 cm³/mol. The first-order chi connectivity index (χ1) is 6.11. The van der Waals surface area contributed by atoms with Crippen molar-refractivity contribution < 1.29 is 0 Å². The molecule has 1 saturated carbocycles. The molecule has 1 fully saturated rings. The highest BCUT2D eigenvalue weighted by molar-refractivity contribution is 4.85. The first kappa shape index (κ1) is 11.0. The Hall–Kier alpha value is -0.0800. The van der Waals surface area contributed by atoms with Crippen LogP contribution >= 0.6 is 0 Å². The third-order valence-electron chi connectivity index (χ3n) is 2.81. The van der Waals surface area contributed by atoms with Crippen molar-refractivity contribution >= 4 is 0 Å². The lowest BCUT2D eigenvalue weighted by Crippen LogP contribution is -2.40. The monoisotopic (exact) mass is 184 g/mol. The highest BCUT2D eigenvalue weighted by atomic mass is 15.2. The smallest absolute Gasteiger partial charge is 0.0192 e. The largest absolute Gasteiger partial charge is 0.315 e. The summed E-state index contributed by atoms with van der Waals surface area (Å²) in [5.41, 5.74) is 0. The topological polar surface area (TPSA) is 15.3 Å². The molecule has 0 aromatic carbocycles. The highest BCUT2D eigenvalue weighted by Gasteiger charge is 2.28. The van der Waals surface area contributed by atoms with Gasteiger partial charge in [0, 0.05) is 18.6 Å². The van der Waals surface area contributed by atoms with Crippen LogP contribution in [0.3, 0.4) is 0 Å². The minimum absolute atomic E-state index is 0.686. The average Bonchev–Trinajstić information content (AvgIpc) is 2.84. The predicted octanol–water partition coefficient (Wildman–Crippen LogP) is 1.71. The molecule has 0 amide bonds. The molecule has 2 nitrogen and oxygen atoms in total. The van der Waals surface area contributed by atoms with Crippen molar-refractivity contribution in [2.45, 2.75) is 45.7 Å². The number of hydrogen-bond donors (Lipinski definition) is 1. The lowest BCUT2D eigenvalue weighted by molar-refractivity contribution is 0.239. The van der Waals surface area contributed by atoms with Gasteiger partial charge < -0.3 is 5.32 Å². The van der Waals surface area contributed by atoms with Crippen molar-refractivity contribution in [3.8, 4) is 0 Å². The molecule has 1 unspecified atom stereocenters. The molecule has 0 radical (unpaired) electrons. The first-order valence-electron chi connectivity index (χ1n) is 5.54. The Balaban J connectivity index is 2.05. The van der Waals surface area contributed by atoms with Crippen LogP contribution in [0.25, 0.3) is 0 Å². The van der Waals surface area contributed by atoms with Crippen LogP contribution in [-0.4, -0.2) is 37.1 Å². The fourth-order valence-electron chi connectivity index (χ4n) is 1.57. The van der Waals surface area contributed by atoms with Crippen LogP contribution in [0, 0.1) is 5.92 Å². The van der Waals surface area contributed by atoms with Crippen LogP contribution in [0.1, 0.15) is 33.6 Å². The minimum atomic E-state index is 0.686. The molecule has 0 spiro atoms. The van der Waals surface area contributed by atoms with E-state index in [0.29, 0.717) is 6.04 Å². The van der Waals surface area contributed by atoms with Crippen molar-refractivity contribution in [3.05, 3.63) is 0 Å². The van der Waals surface area contributed by atoms with Gasteiger partial charge in [-0.3, -0.25) is 4.90 Å². The van der Waals surface area contributed by atoms with Crippen molar-refractivity contribution in [1.82, 2.24) is 10.2 Å². The first-order valence-corrected chi connectivity index (χ1v) is 5.54. The molecule has 78 valence electrons. The normalized spacial score (nSPS) is 19.8. The molecule has 0 saturated heterocycles. The van der Waals surface area contributed by atoms with E-state index in [9.17, 15) is 0 Å². The van der Waals surface area contributed by atoms with Crippen molar-refractivity contribution in [3.63, 3.8) is 0 Å². The molecule has 0 heterocycles. The zero-order valence-electron chi connectivity index (χ0n) is 9.51. The number of rotatable bonds is 6. The molecule has 0 aliphatic heterocycles. The van der Waals surface area contributed by atoms with E-state index in [4.69, 9.17) is 0 Å². The van der Waals surface area contributed by atoms with Crippen molar-refractivity contribution in [2.75, 3.05) is 20.1 Å². The zero-order chi connectivity index (χ0) is 9.84. The third kappa shape index (κ3) is 4.10. The summed E-state index contributed by atoms with van der Waals surface area (Å²) in [4.78, 5) is 2.51. The van der Waals surface area contributed by atoms with Crippen LogP contribution < -0.4 is 5.32 Å². The molecule has 1 N–H and O–H groups in total. The van der Waals surface area contributed by atoms with Gasteiger partial charge in [0.15, 0.2) is 0 Å². The Kier molecular flexibility index (Phi) is 4.20. The van der Waals surface area contributed by atoms with Crippen molar-refractivity contribution in [1.29, 1.82) is 0 Å². The van der Waals surface area contributed by atoms with E-state index in [2.05, 4.69) is 38.0 Å². The summed E-state index contributed by atoms with van der Waals surface area (Å²) >= 11 is 0. The number of hydrogen-bond acceptors (Lipinski definition) is 2. The van der Waals surface area contributed by atoms with Crippen LogP contribution in [0.4, 0.5) is 0 Å². The van der Waals surface area contributed by atoms with Crippen molar-refractivity contribution in [2.24, 2.45) is 5.92 Å². The fourth-order valence-corrected chi connectivity index (χ4v) is 1.57. The summed E-state index contributed by atoms with van der Waals surface area (Å²) in [7, 11) is 2.25. The van der Waals surface area contributed by atoms with Gasteiger partial charge in [0.1, 0.15) is 0 Å². The van der Waals surface area contributed by atoms with Gasteiger partial charge in [-0.25, -0.2) is 0 Å². The summed E-state index contributed by atoms with van der Waals surface area (Å²) in [6, 6.07) is 1.57. The Morgan fingerprint density at radius 1 is 1.23 bits per heavy atom. The van der Waals surface area contributed by atoms with E-state index >= 15 is 0 Å². The minimum Gasteiger partial charge on any atom is -0.315 e. The third-order valence-corrected chi connectivity index (χ3v) is 2.81. The van der Waals surface area contributed by atoms with E-state index in [0.717, 1.165) is 25.0 Å². The molecule has 1 aliphatic carbocycles. The molecule has 1 atom stereocenters. The Labute approximate surface area is 82.7 Å². The molecule has 13 heavy (non-hydrogen) atoms. The lowest BCUT2D eigenvalue weighted by Gasteiger charge is -2.25.